The molecule has 164 valence electrons. The Morgan fingerprint density at radius 1 is 1.06 bits per heavy atom. The average molecular weight is 430 g/mol. The van der Waals surface area contributed by atoms with Gasteiger partial charge in [-0.2, -0.15) is 0 Å². The summed E-state index contributed by atoms with van der Waals surface area (Å²) in [6, 6.07) is 17.6. The van der Waals surface area contributed by atoms with Gasteiger partial charge in [-0.15, -0.1) is 0 Å². The van der Waals surface area contributed by atoms with Crippen molar-refractivity contribution in [2.45, 2.75) is 32.7 Å². The highest BCUT2D eigenvalue weighted by molar-refractivity contribution is 6.16. The van der Waals surface area contributed by atoms with E-state index in [4.69, 9.17) is 9.15 Å². The van der Waals surface area contributed by atoms with Crippen molar-refractivity contribution in [1.29, 1.82) is 0 Å². The van der Waals surface area contributed by atoms with Gasteiger partial charge in [0, 0.05) is 21.7 Å². The molecule has 0 unspecified atom stereocenters. The fraction of sp³-hybridized carbons (Fsp3) is 0.296. The number of ether oxygens (including phenoxy) is 1. The number of aromatic hydroxyl groups is 1. The van der Waals surface area contributed by atoms with Crippen molar-refractivity contribution in [3.63, 3.8) is 0 Å². The molecule has 1 fully saturated rings. The fourth-order valence-corrected chi connectivity index (χ4v) is 5.05. The number of likely N-dealkylation sites (tertiary alicyclic amines) is 1. The van der Waals surface area contributed by atoms with Gasteiger partial charge in [0.25, 0.3) is 0 Å². The first-order valence-electron chi connectivity index (χ1n) is 11.2. The van der Waals surface area contributed by atoms with E-state index < -0.39 is 5.97 Å². The predicted molar refractivity (Wildman–Crippen MR) is 125 cm³/mol. The molecular weight excluding hydrogens is 402 g/mol. The molecule has 0 bridgehead atoms. The average Bonchev–Trinajstić information content (AvgIpc) is 3.45. The van der Waals surface area contributed by atoms with Gasteiger partial charge in [-0.1, -0.05) is 54.6 Å². The molecule has 5 heteroatoms. The summed E-state index contributed by atoms with van der Waals surface area (Å²) >= 11 is 0. The Labute approximate surface area is 187 Å². The minimum absolute atomic E-state index is 0.195. The number of furan rings is 1. The van der Waals surface area contributed by atoms with Crippen LogP contribution in [0.4, 0.5) is 0 Å². The Balaban J connectivity index is 1.91. The van der Waals surface area contributed by atoms with Crippen molar-refractivity contribution >= 4 is 27.7 Å². The number of aryl methyl sites for hydroxylation is 1. The zero-order valence-electron chi connectivity index (χ0n) is 18.4. The van der Waals surface area contributed by atoms with E-state index in [1.807, 2.05) is 42.5 Å². The van der Waals surface area contributed by atoms with Crippen LogP contribution in [-0.2, 0) is 4.74 Å². The first-order valence-corrected chi connectivity index (χ1v) is 11.2. The number of hydrogen-bond acceptors (Lipinski definition) is 5. The van der Waals surface area contributed by atoms with Crippen LogP contribution in [0.5, 0.6) is 5.75 Å². The van der Waals surface area contributed by atoms with Gasteiger partial charge in [0.2, 0.25) is 0 Å². The molecule has 2 heterocycles. The van der Waals surface area contributed by atoms with E-state index in [1.54, 1.807) is 13.8 Å². The number of hydrogen-bond donors (Lipinski definition) is 1. The van der Waals surface area contributed by atoms with Gasteiger partial charge in [0.05, 0.1) is 12.6 Å². The minimum atomic E-state index is -0.423. The quantitative estimate of drug-likeness (QED) is 0.397. The van der Waals surface area contributed by atoms with E-state index in [2.05, 4.69) is 17.0 Å². The molecule has 1 saturated heterocycles. The predicted octanol–water partition coefficient (Wildman–Crippen LogP) is 5.96. The van der Waals surface area contributed by atoms with E-state index in [0.29, 0.717) is 27.9 Å². The van der Waals surface area contributed by atoms with Crippen LogP contribution in [0.1, 0.15) is 53.1 Å². The monoisotopic (exact) mass is 429 g/mol. The molecule has 32 heavy (non-hydrogen) atoms. The first-order chi connectivity index (χ1) is 15.6. The Hall–Kier alpha value is -3.31. The lowest BCUT2D eigenvalue weighted by Crippen LogP contribution is -2.27. The summed E-state index contributed by atoms with van der Waals surface area (Å²) in [5.74, 6) is 0.275. The number of fused-ring (bicyclic) bond motifs is 3. The van der Waals surface area contributed by atoms with E-state index in [-0.39, 0.29) is 18.4 Å². The molecule has 1 aliphatic rings. The third-order valence-corrected chi connectivity index (χ3v) is 6.41. The van der Waals surface area contributed by atoms with Crippen molar-refractivity contribution in [2.75, 3.05) is 19.7 Å². The van der Waals surface area contributed by atoms with Crippen LogP contribution in [0.15, 0.2) is 59.0 Å². The van der Waals surface area contributed by atoms with Gasteiger partial charge in [0.1, 0.15) is 22.7 Å². The van der Waals surface area contributed by atoms with Crippen LogP contribution >= 0.6 is 0 Å². The zero-order chi connectivity index (χ0) is 22.2. The summed E-state index contributed by atoms with van der Waals surface area (Å²) < 4.78 is 11.6. The fourth-order valence-electron chi connectivity index (χ4n) is 5.05. The Morgan fingerprint density at radius 3 is 2.41 bits per heavy atom. The van der Waals surface area contributed by atoms with Crippen LogP contribution in [0.3, 0.4) is 0 Å². The number of phenolic OH excluding ortho intramolecular Hbond substituents is 1. The van der Waals surface area contributed by atoms with E-state index in [1.165, 1.54) is 0 Å². The second-order valence-corrected chi connectivity index (χ2v) is 8.32. The van der Waals surface area contributed by atoms with Crippen molar-refractivity contribution in [1.82, 2.24) is 4.90 Å². The zero-order valence-corrected chi connectivity index (χ0v) is 18.4. The summed E-state index contributed by atoms with van der Waals surface area (Å²) in [6.45, 7) is 5.71. The highest BCUT2D eigenvalue weighted by Crippen LogP contribution is 2.47. The number of carbonyl (C=O) groups excluding carboxylic acids is 1. The highest BCUT2D eigenvalue weighted by atomic mass is 16.5. The molecule has 1 aliphatic heterocycles. The molecule has 5 rings (SSSR count). The number of phenols is 1. The molecule has 0 amide bonds. The van der Waals surface area contributed by atoms with Crippen molar-refractivity contribution in [3.05, 3.63) is 77.0 Å². The Bertz CT molecular complexity index is 1290. The lowest BCUT2D eigenvalue weighted by atomic mass is 9.89. The maximum atomic E-state index is 13.0. The van der Waals surface area contributed by atoms with E-state index in [9.17, 15) is 9.90 Å². The van der Waals surface area contributed by atoms with Gasteiger partial charge in [-0.25, -0.2) is 4.79 Å². The third-order valence-electron chi connectivity index (χ3n) is 6.41. The summed E-state index contributed by atoms with van der Waals surface area (Å²) in [5.41, 5.74) is 2.81. The molecule has 0 saturated carbocycles. The summed E-state index contributed by atoms with van der Waals surface area (Å²) in [6.07, 6.45) is 2.21. The molecule has 5 nitrogen and oxygen atoms in total. The lowest BCUT2D eigenvalue weighted by Gasteiger charge is -2.30. The smallest absolute Gasteiger partial charge is 0.342 e. The Kier molecular flexibility index (Phi) is 5.35. The highest BCUT2D eigenvalue weighted by Gasteiger charge is 2.34. The molecule has 1 N–H and O–H groups in total. The lowest BCUT2D eigenvalue weighted by molar-refractivity contribution is 0.0526. The maximum Gasteiger partial charge on any atom is 0.342 e. The van der Waals surface area contributed by atoms with Gasteiger partial charge in [0.15, 0.2) is 0 Å². The first kappa shape index (κ1) is 20.6. The van der Waals surface area contributed by atoms with Crippen LogP contribution < -0.4 is 0 Å². The van der Waals surface area contributed by atoms with Crippen LogP contribution in [-0.4, -0.2) is 35.7 Å². The molecule has 1 atom stereocenters. The summed E-state index contributed by atoms with van der Waals surface area (Å²) in [5, 5.41) is 13.8. The number of esters is 1. The van der Waals surface area contributed by atoms with Crippen LogP contribution in [0.25, 0.3) is 21.7 Å². The molecule has 4 aromatic rings. The van der Waals surface area contributed by atoms with E-state index >= 15 is 0 Å². The SMILES string of the molecule is CCOC(=O)c1c(C)oc2c1c([C@H](c1ccccc1)N1CCCC1)c(O)c1ccccc12. The standard InChI is InChI=1S/C27H27NO4/c1-3-31-27(30)21-17(2)32-26-20-14-8-7-13-19(20)25(29)23(22(21)26)24(28-15-9-10-16-28)18-11-5-4-6-12-18/h4-8,11-14,24,29H,3,9-10,15-16H2,1-2H3/t24-/m0/s1. The van der Waals surface area contributed by atoms with Gasteiger partial charge < -0.3 is 14.3 Å². The topological polar surface area (TPSA) is 62.9 Å². The maximum absolute atomic E-state index is 13.0. The number of benzene rings is 3. The number of nitrogens with zero attached hydrogens (tertiary/aromatic N) is 1. The second-order valence-electron chi connectivity index (χ2n) is 8.32. The van der Waals surface area contributed by atoms with Gasteiger partial charge in [-0.05, 0) is 45.3 Å². The largest absolute Gasteiger partial charge is 0.507 e. The van der Waals surface area contributed by atoms with Crippen molar-refractivity contribution in [3.8, 4) is 5.75 Å². The van der Waals surface area contributed by atoms with E-state index in [0.717, 1.165) is 42.3 Å². The van der Waals surface area contributed by atoms with Gasteiger partial charge in [-0.3, -0.25) is 4.90 Å². The van der Waals surface area contributed by atoms with Crippen LogP contribution in [0, 0.1) is 6.92 Å². The number of rotatable bonds is 5. The normalized spacial score (nSPS) is 15.4. The van der Waals surface area contributed by atoms with Crippen LogP contribution in [0.2, 0.25) is 0 Å². The van der Waals surface area contributed by atoms with Crippen molar-refractivity contribution in [2.24, 2.45) is 0 Å². The minimum Gasteiger partial charge on any atom is -0.507 e. The molecule has 1 aromatic heterocycles. The molecule has 0 spiro atoms. The molecular formula is C27H27NO4. The molecule has 0 radical (unpaired) electrons. The van der Waals surface area contributed by atoms with Crippen molar-refractivity contribution < 1.29 is 19.1 Å². The number of carbonyl (C=O) groups is 1. The summed E-state index contributed by atoms with van der Waals surface area (Å²) in [7, 11) is 0. The van der Waals surface area contributed by atoms with Gasteiger partial charge >= 0.3 is 5.97 Å². The second kappa shape index (κ2) is 8.32. The molecule has 3 aromatic carbocycles. The Morgan fingerprint density at radius 2 is 1.72 bits per heavy atom. The third kappa shape index (κ3) is 3.24. The molecule has 0 aliphatic carbocycles. The summed E-state index contributed by atoms with van der Waals surface area (Å²) in [4.78, 5) is 15.4.